The molecule has 6 nitrogen and oxygen atoms in total. The molecule has 2 aliphatic rings. The van der Waals surface area contributed by atoms with Gasteiger partial charge in [0.05, 0.1) is 0 Å². The number of hydrogen-bond donors (Lipinski definition) is 1. The minimum Gasteiger partial charge on any atom is -0.337 e. The van der Waals surface area contributed by atoms with Gasteiger partial charge < -0.3 is 9.80 Å². The first-order chi connectivity index (χ1) is 12.4. The summed E-state index contributed by atoms with van der Waals surface area (Å²) in [7, 11) is 2.09. The van der Waals surface area contributed by atoms with Gasteiger partial charge in [0.1, 0.15) is 11.6 Å². The molecule has 0 aliphatic carbocycles. The molecule has 1 aromatic carbocycles. The summed E-state index contributed by atoms with van der Waals surface area (Å²) in [4.78, 5) is 21.6. The Morgan fingerprint density at radius 2 is 2.15 bits per heavy atom. The van der Waals surface area contributed by atoms with Crippen molar-refractivity contribution in [2.45, 2.75) is 26.2 Å². The van der Waals surface area contributed by atoms with E-state index in [9.17, 15) is 9.18 Å². The number of nitrogens with zero attached hydrogens (tertiary/aromatic N) is 4. The van der Waals surface area contributed by atoms with Crippen molar-refractivity contribution >= 4 is 5.91 Å². The maximum Gasteiger partial charge on any atom is 0.254 e. The monoisotopic (exact) mass is 357 g/mol. The number of likely N-dealkylation sites (N-methyl/N-ethyl adjacent to an activating group) is 1. The van der Waals surface area contributed by atoms with Crippen molar-refractivity contribution in [3.63, 3.8) is 0 Å². The molecule has 0 radical (unpaired) electrons. The smallest absolute Gasteiger partial charge is 0.254 e. The predicted octanol–water partition coefficient (Wildman–Crippen LogP) is 1.99. The van der Waals surface area contributed by atoms with Gasteiger partial charge in [0.25, 0.3) is 5.91 Å². The Morgan fingerprint density at radius 3 is 2.81 bits per heavy atom. The fourth-order valence-electron chi connectivity index (χ4n) is 4.49. The Labute approximate surface area is 152 Å². The van der Waals surface area contributed by atoms with E-state index < -0.39 is 0 Å². The molecule has 0 bridgehead atoms. The maximum absolute atomic E-state index is 13.7. The normalized spacial score (nSPS) is 22.0. The second kappa shape index (κ2) is 6.16. The fraction of sp³-hybridized carbons (Fsp3) is 0.526. The molecule has 2 aliphatic heterocycles. The number of aromatic nitrogens is 3. The lowest BCUT2D eigenvalue weighted by molar-refractivity contribution is 0.00290. The van der Waals surface area contributed by atoms with Crippen molar-refractivity contribution in [3.05, 3.63) is 46.8 Å². The zero-order valence-corrected chi connectivity index (χ0v) is 15.4. The molecule has 7 heteroatoms. The second-order valence-corrected chi connectivity index (χ2v) is 7.71. The van der Waals surface area contributed by atoms with Crippen LogP contribution in [0.1, 0.15) is 40.4 Å². The van der Waals surface area contributed by atoms with E-state index in [0.717, 1.165) is 30.3 Å². The molecule has 1 N–H and O–H groups in total. The number of aromatic amines is 1. The number of H-pyrrole nitrogens is 1. The Hall–Kier alpha value is -2.28. The van der Waals surface area contributed by atoms with Crippen LogP contribution < -0.4 is 0 Å². The average molecular weight is 357 g/mol. The third kappa shape index (κ3) is 2.70. The van der Waals surface area contributed by atoms with Crippen LogP contribution in [0.25, 0.3) is 0 Å². The molecular formula is C19H24FN5O. The SMILES string of the molecule is CCc1ccc(F)cc1C(=O)N1CC2(CN(C)CC2c2n[nH]c(C)n2)C1. The maximum atomic E-state index is 13.7. The van der Waals surface area contributed by atoms with Crippen molar-refractivity contribution < 1.29 is 9.18 Å². The Kier molecular flexibility index (Phi) is 4.06. The standard InChI is InChI=1S/C19H24FN5O/c1-4-13-5-6-14(20)7-15(13)18(26)25-10-19(11-25)9-24(3)8-16(19)17-21-12(2)22-23-17/h5-7,16H,4,8-11H2,1-3H3,(H,21,22,23). The molecule has 0 saturated carbocycles. The average Bonchev–Trinajstić information content (AvgIpc) is 3.15. The van der Waals surface area contributed by atoms with E-state index in [1.165, 1.54) is 12.1 Å². The third-order valence-electron chi connectivity index (χ3n) is 5.73. The summed E-state index contributed by atoms with van der Waals surface area (Å²) in [5, 5.41) is 7.29. The number of amides is 1. The number of carbonyl (C=O) groups is 1. The van der Waals surface area contributed by atoms with Crippen LogP contribution in [0.2, 0.25) is 0 Å². The van der Waals surface area contributed by atoms with Gasteiger partial charge in [0.2, 0.25) is 0 Å². The Balaban J connectivity index is 1.55. The van der Waals surface area contributed by atoms with Crippen molar-refractivity contribution in [3.8, 4) is 0 Å². The summed E-state index contributed by atoms with van der Waals surface area (Å²) >= 11 is 0. The van der Waals surface area contributed by atoms with E-state index >= 15 is 0 Å². The Morgan fingerprint density at radius 1 is 1.38 bits per heavy atom. The fourth-order valence-corrected chi connectivity index (χ4v) is 4.49. The molecule has 4 rings (SSSR count). The number of aryl methyl sites for hydroxylation is 2. The van der Waals surface area contributed by atoms with Crippen LogP contribution in [0.3, 0.4) is 0 Å². The quantitative estimate of drug-likeness (QED) is 0.912. The molecule has 1 atom stereocenters. The lowest BCUT2D eigenvalue weighted by atomic mass is 9.71. The van der Waals surface area contributed by atoms with Crippen LogP contribution in [0, 0.1) is 18.2 Å². The number of halogens is 1. The van der Waals surface area contributed by atoms with Crippen LogP contribution in [-0.2, 0) is 6.42 Å². The van der Waals surface area contributed by atoms with Gasteiger partial charge in [-0.3, -0.25) is 9.89 Å². The van der Waals surface area contributed by atoms with E-state index in [0.29, 0.717) is 25.1 Å². The molecule has 1 spiro atoms. The van der Waals surface area contributed by atoms with E-state index in [1.807, 2.05) is 18.7 Å². The van der Waals surface area contributed by atoms with Crippen molar-refractivity contribution in [1.29, 1.82) is 0 Å². The minimum absolute atomic E-state index is 0.0151. The number of nitrogens with one attached hydrogen (secondary N) is 1. The van der Waals surface area contributed by atoms with Crippen molar-refractivity contribution in [2.75, 3.05) is 33.2 Å². The van der Waals surface area contributed by atoms with Gasteiger partial charge in [-0.05, 0) is 38.1 Å². The highest BCUT2D eigenvalue weighted by atomic mass is 19.1. The van der Waals surface area contributed by atoms with Gasteiger partial charge >= 0.3 is 0 Å². The zero-order chi connectivity index (χ0) is 18.5. The molecule has 2 fully saturated rings. The van der Waals surface area contributed by atoms with Gasteiger partial charge in [0.15, 0.2) is 5.82 Å². The lowest BCUT2D eigenvalue weighted by Gasteiger charge is -2.50. The van der Waals surface area contributed by atoms with Gasteiger partial charge in [-0.25, -0.2) is 9.37 Å². The van der Waals surface area contributed by atoms with E-state index in [-0.39, 0.29) is 23.1 Å². The molecule has 1 aromatic heterocycles. The van der Waals surface area contributed by atoms with Gasteiger partial charge in [-0.1, -0.05) is 13.0 Å². The largest absolute Gasteiger partial charge is 0.337 e. The summed E-state index contributed by atoms with van der Waals surface area (Å²) in [6.45, 7) is 7.00. The number of hydrogen-bond acceptors (Lipinski definition) is 4. The summed E-state index contributed by atoms with van der Waals surface area (Å²) in [6.07, 6.45) is 0.710. The predicted molar refractivity (Wildman–Crippen MR) is 95.5 cm³/mol. The molecule has 1 unspecified atom stereocenters. The first-order valence-electron chi connectivity index (χ1n) is 9.07. The van der Waals surface area contributed by atoms with E-state index in [1.54, 1.807) is 6.07 Å². The highest BCUT2D eigenvalue weighted by molar-refractivity contribution is 5.96. The minimum atomic E-state index is -0.365. The highest BCUT2D eigenvalue weighted by Crippen LogP contribution is 2.48. The number of likely N-dealkylation sites (tertiary alicyclic amines) is 2. The van der Waals surface area contributed by atoms with Gasteiger partial charge in [-0.15, -0.1) is 0 Å². The summed E-state index contributed by atoms with van der Waals surface area (Å²) < 4.78 is 13.7. The van der Waals surface area contributed by atoms with Crippen LogP contribution in [0.5, 0.6) is 0 Å². The van der Waals surface area contributed by atoms with Crippen molar-refractivity contribution in [1.82, 2.24) is 25.0 Å². The highest BCUT2D eigenvalue weighted by Gasteiger charge is 2.56. The molecule has 1 amide bonds. The summed E-state index contributed by atoms with van der Waals surface area (Å²) in [5.41, 5.74) is 1.36. The molecule has 3 heterocycles. The topological polar surface area (TPSA) is 65.1 Å². The van der Waals surface area contributed by atoms with Crippen molar-refractivity contribution in [2.24, 2.45) is 5.41 Å². The number of rotatable bonds is 3. The number of carbonyl (C=O) groups excluding carboxylic acids is 1. The second-order valence-electron chi connectivity index (χ2n) is 7.71. The Bertz CT molecular complexity index is 842. The molecule has 2 aromatic rings. The van der Waals surface area contributed by atoms with E-state index in [2.05, 4.69) is 27.1 Å². The van der Waals surface area contributed by atoms with Crippen LogP contribution in [0.4, 0.5) is 4.39 Å². The summed E-state index contributed by atoms with van der Waals surface area (Å²) in [6, 6.07) is 4.49. The van der Waals surface area contributed by atoms with E-state index in [4.69, 9.17) is 0 Å². The van der Waals surface area contributed by atoms with Crippen LogP contribution in [0.15, 0.2) is 18.2 Å². The van der Waals surface area contributed by atoms with Crippen LogP contribution >= 0.6 is 0 Å². The van der Waals surface area contributed by atoms with Crippen LogP contribution in [-0.4, -0.2) is 64.1 Å². The lowest BCUT2D eigenvalue weighted by Crippen LogP contribution is -2.61. The number of benzene rings is 1. The molecule has 2 saturated heterocycles. The molecule has 138 valence electrons. The molecular weight excluding hydrogens is 333 g/mol. The summed E-state index contributed by atoms with van der Waals surface area (Å²) in [5.74, 6) is 1.41. The van der Waals surface area contributed by atoms with Gasteiger partial charge in [-0.2, -0.15) is 5.10 Å². The first kappa shape index (κ1) is 17.1. The third-order valence-corrected chi connectivity index (χ3v) is 5.73. The molecule has 26 heavy (non-hydrogen) atoms. The zero-order valence-electron chi connectivity index (χ0n) is 15.4. The first-order valence-corrected chi connectivity index (χ1v) is 9.07. The van der Waals surface area contributed by atoms with Gasteiger partial charge in [0, 0.05) is 43.1 Å².